The first kappa shape index (κ1) is 11.7. The van der Waals surface area contributed by atoms with Gasteiger partial charge in [0, 0.05) is 11.3 Å². The SMILES string of the molecule is [C-]#[N+]C1=C(C)Nc2[nH]ncc2C1c1cccc2nonc12. The van der Waals surface area contributed by atoms with Crippen LogP contribution < -0.4 is 5.32 Å². The van der Waals surface area contributed by atoms with Crippen molar-refractivity contribution in [3.05, 3.63) is 58.3 Å². The molecule has 3 aromatic rings. The summed E-state index contributed by atoms with van der Waals surface area (Å²) in [5.74, 6) is 0.575. The zero-order chi connectivity index (χ0) is 14.4. The van der Waals surface area contributed by atoms with Crippen LogP contribution in [0.3, 0.4) is 0 Å². The number of nitrogens with zero attached hydrogens (tertiary/aromatic N) is 4. The summed E-state index contributed by atoms with van der Waals surface area (Å²) in [7, 11) is 0. The molecule has 7 nitrogen and oxygen atoms in total. The molecule has 2 N–H and O–H groups in total. The van der Waals surface area contributed by atoms with Crippen LogP contribution in [0.15, 0.2) is 40.4 Å². The van der Waals surface area contributed by atoms with Crippen molar-refractivity contribution in [3.63, 3.8) is 0 Å². The lowest BCUT2D eigenvalue weighted by Crippen LogP contribution is -2.15. The zero-order valence-corrected chi connectivity index (χ0v) is 11.1. The molecule has 0 saturated carbocycles. The lowest BCUT2D eigenvalue weighted by atomic mass is 9.86. The number of anilines is 1. The molecule has 1 aromatic carbocycles. The highest BCUT2D eigenvalue weighted by atomic mass is 16.6. The van der Waals surface area contributed by atoms with Gasteiger partial charge in [-0.05, 0) is 28.9 Å². The number of nitrogens with one attached hydrogen (secondary N) is 2. The van der Waals surface area contributed by atoms with Gasteiger partial charge in [-0.3, -0.25) is 5.10 Å². The summed E-state index contributed by atoms with van der Waals surface area (Å²) in [4.78, 5) is 3.70. The van der Waals surface area contributed by atoms with Crippen LogP contribution in [-0.2, 0) is 0 Å². The molecule has 0 bridgehead atoms. The van der Waals surface area contributed by atoms with Crippen molar-refractivity contribution in [3.8, 4) is 0 Å². The van der Waals surface area contributed by atoms with Crippen molar-refractivity contribution in [1.29, 1.82) is 0 Å². The third-order valence-electron chi connectivity index (χ3n) is 3.70. The number of aromatic nitrogens is 4. The van der Waals surface area contributed by atoms with Crippen LogP contribution in [-0.4, -0.2) is 20.5 Å². The molecule has 21 heavy (non-hydrogen) atoms. The Kier molecular flexibility index (Phi) is 2.32. The molecule has 0 radical (unpaired) electrons. The molecule has 4 rings (SSSR count). The van der Waals surface area contributed by atoms with E-state index in [0.717, 1.165) is 22.6 Å². The van der Waals surface area contributed by atoms with Gasteiger partial charge < -0.3 is 5.32 Å². The quantitative estimate of drug-likeness (QED) is 0.668. The number of fused-ring (bicyclic) bond motifs is 2. The largest absolute Gasteiger partial charge is 0.354 e. The van der Waals surface area contributed by atoms with E-state index in [4.69, 9.17) is 11.2 Å². The van der Waals surface area contributed by atoms with Crippen molar-refractivity contribution in [2.75, 3.05) is 5.32 Å². The summed E-state index contributed by atoms with van der Waals surface area (Å²) in [5, 5.41) is 18.0. The molecule has 7 heteroatoms. The van der Waals surface area contributed by atoms with Crippen molar-refractivity contribution in [2.24, 2.45) is 0 Å². The second-order valence-corrected chi connectivity index (χ2v) is 4.86. The van der Waals surface area contributed by atoms with E-state index in [1.54, 1.807) is 6.20 Å². The van der Waals surface area contributed by atoms with E-state index in [0.29, 0.717) is 16.7 Å². The zero-order valence-electron chi connectivity index (χ0n) is 11.1. The van der Waals surface area contributed by atoms with E-state index in [1.807, 2.05) is 25.1 Å². The maximum absolute atomic E-state index is 7.51. The number of H-pyrrole nitrogens is 1. The fourth-order valence-electron chi connectivity index (χ4n) is 2.75. The van der Waals surface area contributed by atoms with E-state index in [9.17, 15) is 0 Å². The summed E-state index contributed by atoms with van der Waals surface area (Å²) in [6.45, 7) is 9.39. The maximum atomic E-state index is 7.51. The van der Waals surface area contributed by atoms with E-state index >= 15 is 0 Å². The molecule has 0 aliphatic carbocycles. The Labute approximate surface area is 119 Å². The Morgan fingerprint density at radius 3 is 3.05 bits per heavy atom. The Bertz CT molecular complexity index is 913. The highest BCUT2D eigenvalue weighted by Gasteiger charge is 2.32. The Morgan fingerprint density at radius 2 is 2.19 bits per heavy atom. The minimum absolute atomic E-state index is 0.229. The summed E-state index contributed by atoms with van der Waals surface area (Å²) >= 11 is 0. The minimum Gasteiger partial charge on any atom is -0.354 e. The Balaban J connectivity index is 2.03. The first-order valence-electron chi connectivity index (χ1n) is 6.39. The van der Waals surface area contributed by atoms with Gasteiger partial charge >= 0.3 is 0 Å². The van der Waals surface area contributed by atoms with Crippen LogP contribution >= 0.6 is 0 Å². The number of rotatable bonds is 1. The number of hydrogen-bond donors (Lipinski definition) is 2. The van der Waals surface area contributed by atoms with Crippen molar-refractivity contribution in [1.82, 2.24) is 20.5 Å². The molecule has 1 unspecified atom stereocenters. The van der Waals surface area contributed by atoms with Crippen LogP contribution in [0.2, 0.25) is 0 Å². The third kappa shape index (κ3) is 1.56. The van der Waals surface area contributed by atoms with Crippen LogP contribution in [0.5, 0.6) is 0 Å². The molecule has 0 saturated heterocycles. The Hall–Kier alpha value is -3.14. The first-order valence-corrected chi connectivity index (χ1v) is 6.39. The smallest absolute Gasteiger partial charge is 0.195 e. The predicted molar refractivity (Wildman–Crippen MR) is 75.2 cm³/mol. The number of allylic oxidation sites excluding steroid dienone is 2. The van der Waals surface area contributed by atoms with Crippen LogP contribution in [0.1, 0.15) is 24.0 Å². The normalized spacial score (nSPS) is 17.4. The third-order valence-corrected chi connectivity index (χ3v) is 3.70. The van der Waals surface area contributed by atoms with Gasteiger partial charge in [0.05, 0.1) is 18.7 Å². The van der Waals surface area contributed by atoms with Crippen molar-refractivity contribution < 1.29 is 4.63 Å². The van der Waals surface area contributed by atoms with Gasteiger partial charge in [-0.1, -0.05) is 12.1 Å². The molecule has 1 aliphatic heterocycles. The van der Waals surface area contributed by atoms with Crippen LogP contribution in [0.25, 0.3) is 15.9 Å². The number of hydrogen-bond acceptors (Lipinski definition) is 5. The fourth-order valence-corrected chi connectivity index (χ4v) is 2.75. The highest BCUT2D eigenvalue weighted by Crippen LogP contribution is 2.42. The van der Waals surface area contributed by atoms with Crippen LogP contribution in [0.4, 0.5) is 5.82 Å². The second kappa shape index (κ2) is 4.18. The summed E-state index contributed by atoms with van der Waals surface area (Å²) in [6, 6.07) is 5.67. The predicted octanol–water partition coefficient (Wildman–Crippen LogP) is 2.65. The average Bonchev–Trinajstić information content (AvgIpc) is 3.13. The molecular formula is C14H10N6O. The molecule has 0 amide bonds. The average molecular weight is 278 g/mol. The molecule has 102 valence electrons. The lowest BCUT2D eigenvalue weighted by molar-refractivity contribution is 0.315. The molecule has 3 heterocycles. The van der Waals surface area contributed by atoms with Crippen molar-refractivity contribution >= 4 is 16.9 Å². The van der Waals surface area contributed by atoms with Crippen LogP contribution in [0, 0.1) is 6.57 Å². The van der Waals surface area contributed by atoms with Gasteiger partial charge in [0.25, 0.3) is 0 Å². The number of aromatic amines is 1. The van der Waals surface area contributed by atoms with Gasteiger partial charge in [-0.25, -0.2) is 9.47 Å². The highest BCUT2D eigenvalue weighted by molar-refractivity contribution is 5.80. The van der Waals surface area contributed by atoms with E-state index < -0.39 is 0 Å². The van der Waals surface area contributed by atoms with Gasteiger partial charge in [-0.15, -0.1) is 0 Å². The summed E-state index contributed by atoms with van der Waals surface area (Å²) < 4.78 is 4.83. The maximum Gasteiger partial charge on any atom is 0.195 e. The topological polar surface area (TPSA) is 84.0 Å². The van der Waals surface area contributed by atoms with E-state index in [2.05, 4.69) is 30.7 Å². The molecule has 0 spiro atoms. The van der Waals surface area contributed by atoms with Crippen molar-refractivity contribution in [2.45, 2.75) is 12.8 Å². The molecular weight excluding hydrogens is 268 g/mol. The molecule has 0 fully saturated rings. The summed E-state index contributed by atoms with van der Waals surface area (Å²) in [6.07, 6.45) is 1.73. The monoisotopic (exact) mass is 278 g/mol. The van der Waals surface area contributed by atoms with Gasteiger partial charge in [0.2, 0.25) is 0 Å². The van der Waals surface area contributed by atoms with E-state index in [1.165, 1.54) is 0 Å². The number of benzene rings is 1. The first-order chi connectivity index (χ1) is 10.3. The van der Waals surface area contributed by atoms with Gasteiger partial charge in [0.1, 0.15) is 16.9 Å². The second-order valence-electron chi connectivity index (χ2n) is 4.86. The molecule has 2 aromatic heterocycles. The fraction of sp³-hybridized carbons (Fsp3) is 0.143. The van der Waals surface area contributed by atoms with E-state index in [-0.39, 0.29) is 5.92 Å². The van der Waals surface area contributed by atoms with Gasteiger partial charge in [0.15, 0.2) is 5.70 Å². The minimum atomic E-state index is -0.229. The molecule has 1 atom stereocenters. The summed E-state index contributed by atoms with van der Waals surface area (Å²) in [5.41, 5.74) is 4.59. The van der Waals surface area contributed by atoms with Gasteiger partial charge in [-0.2, -0.15) is 5.10 Å². The standard InChI is InChI=1S/C14H10N6O/c1-7-12(15-2)11(9-6-16-18-14(9)17-7)8-4-3-5-10-13(8)20-21-19-10/h3-6,11H,1H3,(H2,16,17,18). The lowest BCUT2D eigenvalue weighted by Gasteiger charge is -2.24. The Morgan fingerprint density at radius 1 is 1.29 bits per heavy atom. The molecule has 1 aliphatic rings.